The van der Waals surface area contributed by atoms with Crippen molar-refractivity contribution in [2.75, 3.05) is 33.9 Å². The highest BCUT2D eigenvalue weighted by atomic mass is 16.5. The van der Waals surface area contributed by atoms with Crippen LogP contribution in [0.25, 0.3) is 11.5 Å². The lowest BCUT2D eigenvalue weighted by Gasteiger charge is -2.24. The van der Waals surface area contributed by atoms with Crippen LogP contribution in [0.3, 0.4) is 0 Å². The van der Waals surface area contributed by atoms with Gasteiger partial charge in [0.15, 0.2) is 0 Å². The van der Waals surface area contributed by atoms with E-state index in [1.165, 1.54) is 19.3 Å². The molecule has 1 saturated carbocycles. The number of rotatable bonds is 9. The van der Waals surface area contributed by atoms with Crippen molar-refractivity contribution in [3.8, 4) is 23.0 Å². The molecule has 0 N–H and O–H groups in total. The summed E-state index contributed by atoms with van der Waals surface area (Å²) in [5.74, 6) is 3.73. The molecule has 1 atom stereocenters. The van der Waals surface area contributed by atoms with E-state index in [0.29, 0.717) is 17.7 Å². The van der Waals surface area contributed by atoms with Crippen molar-refractivity contribution in [2.24, 2.45) is 5.92 Å². The van der Waals surface area contributed by atoms with Crippen molar-refractivity contribution >= 4 is 0 Å². The minimum Gasteiger partial charge on any atom is -0.497 e. The minimum absolute atomic E-state index is 0.354. The predicted octanol–water partition coefficient (Wildman–Crippen LogP) is 4.06. The number of nitrogens with zero attached hydrogens (tertiary/aromatic N) is 2. The normalized spacial score (nSPS) is 19.4. The van der Waals surface area contributed by atoms with Gasteiger partial charge in [0.2, 0.25) is 5.89 Å². The number of benzene rings is 1. The van der Waals surface area contributed by atoms with Gasteiger partial charge in [0.1, 0.15) is 17.3 Å². The molecule has 6 heteroatoms. The van der Waals surface area contributed by atoms with E-state index in [4.69, 9.17) is 23.6 Å². The number of oxazole rings is 1. The SMILES string of the molecule is COc1ccc(-c2nc(CN(CC3CC3)CC3CCCO3)c(C)o2)c(OC)c1. The summed E-state index contributed by atoms with van der Waals surface area (Å²) < 4.78 is 22.7. The highest BCUT2D eigenvalue weighted by Gasteiger charge is 2.28. The lowest BCUT2D eigenvalue weighted by molar-refractivity contribution is 0.0684. The number of hydrogen-bond acceptors (Lipinski definition) is 6. The Morgan fingerprint density at radius 1 is 1.14 bits per heavy atom. The van der Waals surface area contributed by atoms with Gasteiger partial charge in [0.05, 0.1) is 31.6 Å². The van der Waals surface area contributed by atoms with Gasteiger partial charge in [-0.1, -0.05) is 0 Å². The summed E-state index contributed by atoms with van der Waals surface area (Å²) in [6, 6.07) is 5.68. The van der Waals surface area contributed by atoms with Crippen LogP contribution in [-0.4, -0.2) is 49.9 Å². The van der Waals surface area contributed by atoms with Crippen LogP contribution < -0.4 is 9.47 Å². The maximum Gasteiger partial charge on any atom is 0.230 e. The third-order valence-corrected chi connectivity index (χ3v) is 5.60. The smallest absolute Gasteiger partial charge is 0.230 e. The van der Waals surface area contributed by atoms with E-state index >= 15 is 0 Å². The van der Waals surface area contributed by atoms with Gasteiger partial charge in [-0.3, -0.25) is 4.90 Å². The molecule has 0 amide bonds. The lowest BCUT2D eigenvalue weighted by atomic mass is 10.2. The standard InChI is InChI=1S/C22H30N2O4/c1-15-20(14-24(12-16-6-7-16)13-18-5-4-10-27-18)23-22(28-15)19-9-8-17(25-2)11-21(19)26-3/h8-9,11,16,18H,4-7,10,12-14H2,1-3H3. The summed E-state index contributed by atoms with van der Waals surface area (Å²) in [6.07, 6.45) is 5.37. The molecule has 1 aromatic heterocycles. The number of aromatic nitrogens is 1. The van der Waals surface area contributed by atoms with Crippen LogP contribution in [0, 0.1) is 12.8 Å². The third-order valence-electron chi connectivity index (χ3n) is 5.60. The minimum atomic E-state index is 0.354. The summed E-state index contributed by atoms with van der Waals surface area (Å²) in [6.45, 7) is 5.77. The molecule has 0 spiro atoms. The summed E-state index contributed by atoms with van der Waals surface area (Å²) >= 11 is 0. The van der Waals surface area contributed by atoms with Crippen molar-refractivity contribution in [1.29, 1.82) is 0 Å². The van der Waals surface area contributed by atoms with Crippen molar-refractivity contribution in [1.82, 2.24) is 9.88 Å². The van der Waals surface area contributed by atoms with Crippen LogP contribution in [-0.2, 0) is 11.3 Å². The van der Waals surface area contributed by atoms with Crippen LogP contribution >= 0.6 is 0 Å². The van der Waals surface area contributed by atoms with Crippen LogP contribution in [0.4, 0.5) is 0 Å². The average Bonchev–Trinajstić information content (AvgIpc) is 3.23. The molecule has 28 heavy (non-hydrogen) atoms. The van der Waals surface area contributed by atoms with Gasteiger partial charge < -0.3 is 18.6 Å². The van der Waals surface area contributed by atoms with Gasteiger partial charge >= 0.3 is 0 Å². The molecule has 1 saturated heterocycles. The number of aryl methyl sites for hydroxylation is 1. The Kier molecular flexibility index (Phi) is 5.87. The molecule has 152 valence electrons. The second kappa shape index (κ2) is 8.53. The van der Waals surface area contributed by atoms with Crippen LogP contribution in [0.2, 0.25) is 0 Å². The molecule has 4 rings (SSSR count). The Labute approximate surface area is 166 Å². The first-order valence-corrected chi connectivity index (χ1v) is 10.2. The van der Waals surface area contributed by atoms with Crippen LogP contribution in [0.5, 0.6) is 11.5 Å². The first-order valence-electron chi connectivity index (χ1n) is 10.2. The molecule has 1 aliphatic heterocycles. The van der Waals surface area contributed by atoms with Crippen molar-refractivity contribution in [3.05, 3.63) is 29.7 Å². The molecule has 1 unspecified atom stereocenters. The Morgan fingerprint density at radius 2 is 2.00 bits per heavy atom. The maximum atomic E-state index is 6.02. The van der Waals surface area contributed by atoms with E-state index < -0.39 is 0 Å². The first kappa shape index (κ1) is 19.3. The van der Waals surface area contributed by atoms with E-state index in [-0.39, 0.29) is 0 Å². The van der Waals surface area contributed by atoms with Gasteiger partial charge in [-0.05, 0) is 50.7 Å². The first-order chi connectivity index (χ1) is 13.7. The molecule has 1 aromatic carbocycles. The second-order valence-electron chi connectivity index (χ2n) is 7.86. The zero-order valence-corrected chi connectivity index (χ0v) is 17.1. The Morgan fingerprint density at radius 3 is 2.68 bits per heavy atom. The average molecular weight is 386 g/mol. The Balaban J connectivity index is 1.52. The fourth-order valence-electron chi connectivity index (χ4n) is 3.82. The molecule has 0 radical (unpaired) electrons. The highest BCUT2D eigenvalue weighted by Crippen LogP contribution is 2.35. The molecule has 2 aromatic rings. The highest BCUT2D eigenvalue weighted by molar-refractivity contribution is 5.65. The summed E-state index contributed by atoms with van der Waals surface area (Å²) in [5, 5.41) is 0. The molecule has 0 bridgehead atoms. The number of hydrogen-bond donors (Lipinski definition) is 0. The molecule has 2 fully saturated rings. The fraction of sp³-hybridized carbons (Fsp3) is 0.591. The second-order valence-corrected chi connectivity index (χ2v) is 7.86. The topological polar surface area (TPSA) is 57.0 Å². The van der Waals surface area contributed by atoms with Gasteiger partial charge in [0.25, 0.3) is 0 Å². The van der Waals surface area contributed by atoms with E-state index in [2.05, 4.69) is 4.90 Å². The predicted molar refractivity (Wildman–Crippen MR) is 107 cm³/mol. The van der Waals surface area contributed by atoms with E-state index in [9.17, 15) is 0 Å². The van der Waals surface area contributed by atoms with Crippen molar-refractivity contribution in [2.45, 2.75) is 45.3 Å². The molecule has 2 aliphatic rings. The largest absolute Gasteiger partial charge is 0.497 e. The third kappa shape index (κ3) is 4.50. The van der Waals surface area contributed by atoms with Gasteiger partial charge in [0, 0.05) is 32.3 Å². The zero-order valence-electron chi connectivity index (χ0n) is 17.1. The quantitative estimate of drug-likeness (QED) is 0.648. The molecule has 1 aliphatic carbocycles. The lowest BCUT2D eigenvalue weighted by Crippen LogP contribution is -2.33. The maximum absolute atomic E-state index is 6.02. The number of methoxy groups -OCH3 is 2. The molecular weight excluding hydrogens is 356 g/mol. The molecular formula is C22H30N2O4. The van der Waals surface area contributed by atoms with Gasteiger partial charge in [-0.25, -0.2) is 4.98 Å². The van der Waals surface area contributed by atoms with Crippen molar-refractivity contribution in [3.63, 3.8) is 0 Å². The number of ether oxygens (including phenoxy) is 3. The van der Waals surface area contributed by atoms with Gasteiger partial charge in [-0.15, -0.1) is 0 Å². The fourth-order valence-corrected chi connectivity index (χ4v) is 3.82. The summed E-state index contributed by atoms with van der Waals surface area (Å²) in [7, 11) is 3.29. The van der Waals surface area contributed by atoms with Crippen LogP contribution in [0.1, 0.15) is 37.1 Å². The van der Waals surface area contributed by atoms with E-state index in [1.54, 1.807) is 14.2 Å². The van der Waals surface area contributed by atoms with Crippen LogP contribution in [0.15, 0.2) is 22.6 Å². The Hall–Kier alpha value is -2.05. The zero-order chi connectivity index (χ0) is 19.5. The Bertz CT molecular complexity index is 794. The molecule has 2 heterocycles. The summed E-state index contributed by atoms with van der Waals surface area (Å²) in [4.78, 5) is 7.31. The van der Waals surface area contributed by atoms with Crippen molar-refractivity contribution < 1.29 is 18.6 Å². The van der Waals surface area contributed by atoms with Gasteiger partial charge in [-0.2, -0.15) is 0 Å². The summed E-state index contributed by atoms with van der Waals surface area (Å²) in [5.41, 5.74) is 1.83. The molecule has 6 nitrogen and oxygen atoms in total. The van der Waals surface area contributed by atoms with E-state index in [0.717, 1.165) is 61.3 Å². The monoisotopic (exact) mass is 386 g/mol. The van der Waals surface area contributed by atoms with E-state index in [1.807, 2.05) is 25.1 Å².